The average molecular weight is 364 g/mol. The summed E-state index contributed by atoms with van der Waals surface area (Å²) in [6.07, 6.45) is 0.557. The van der Waals surface area contributed by atoms with Crippen LogP contribution in [0.2, 0.25) is 0 Å². The van der Waals surface area contributed by atoms with Crippen molar-refractivity contribution in [2.24, 2.45) is 4.99 Å². The predicted octanol–water partition coefficient (Wildman–Crippen LogP) is -0.477. The highest BCUT2D eigenvalue weighted by Crippen LogP contribution is 2.55. The summed E-state index contributed by atoms with van der Waals surface area (Å²) in [6, 6.07) is -0.493. The van der Waals surface area contributed by atoms with Gasteiger partial charge in [-0.25, -0.2) is 9.79 Å². The van der Waals surface area contributed by atoms with E-state index in [1.165, 1.54) is 11.1 Å². The molecule has 5 atom stereocenters. The van der Waals surface area contributed by atoms with Gasteiger partial charge in [0, 0.05) is 20.3 Å². The molecule has 0 aromatic heterocycles. The molecule has 2 amide bonds. The van der Waals surface area contributed by atoms with Gasteiger partial charge in [-0.15, -0.1) is 0 Å². The number of nitrogens with one attached hydrogen (secondary N) is 1. The minimum absolute atomic E-state index is 0.411. The molecule has 0 aliphatic carbocycles. The van der Waals surface area contributed by atoms with Gasteiger partial charge in [0.25, 0.3) is 0 Å². The average Bonchev–Trinajstić information content (AvgIpc) is 2.98. The number of rotatable bonds is 4. The normalized spacial score (nSPS) is 39.1. The van der Waals surface area contributed by atoms with Crippen molar-refractivity contribution in [2.75, 3.05) is 20.7 Å². The quantitative estimate of drug-likeness (QED) is 0.388. The summed E-state index contributed by atoms with van der Waals surface area (Å²) in [5.74, 6) is 0. The van der Waals surface area contributed by atoms with E-state index < -0.39 is 54.5 Å². The molecule has 0 spiro atoms. The van der Waals surface area contributed by atoms with Gasteiger partial charge in [-0.1, -0.05) is 0 Å². The van der Waals surface area contributed by atoms with Gasteiger partial charge in [-0.05, 0) is 6.08 Å². The molecule has 3 rings (SSSR count). The lowest BCUT2D eigenvalue weighted by molar-refractivity contribution is -0.0709. The highest BCUT2D eigenvalue weighted by molar-refractivity contribution is 8.16. The third-order valence-electron chi connectivity index (χ3n) is 3.61. The Balaban J connectivity index is 1.74. The lowest BCUT2D eigenvalue weighted by atomic mass is 10.1. The highest BCUT2D eigenvalue weighted by atomic mass is 32.3. The molecular weight excluding hydrogens is 344 g/mol. The number of ether oxygens (including phenoxy) is 1. The smallest absolute Gasteiger partial charge is 0.325 e. The topological polar surface area (TPSA) is 136 Å². The zero-order valence-electron chi connectivity index (χ0n) is 13.1. The van der Waals surface area contributed by atoms with Crippen molar-refractivity contribution in [3.8, 4) is 0 Å². The minimum Gasteiger partial charge on any atom is -0.394 e. The third-order valence-corrected chi connectivity index (χ3v) is 4.55. The molecule has 0 aromatic carbocycles. The molecule has 0 radical (unpaired) electrons. The second kappa shape index (κ2) is 6.48. The van der Waals surface area contributed by atoms with Crippen LogP contribution in [0.1, 0.15) is 0 Å². The summed E-state index contributed by atoms with van der Waals surface area (Å²) in [7, 11) is 3.61. The van der Waals surface area contributed by atoms with Gasteiger partial charge < -0.3 is 20.1 Å². The highest BCUT2D eigenvalue weighted by Gasteiger charge is 2.58. The number of carbonyl (C=O) groups is 1. The monoisotopic (exact) mass is 364 g/mol. The van der Waals surface area contributed by atoms with Gasteiger partial charge in [0.05, 0.1) is 12.9 Å². The van der Waals surface area contributed by atoms with Crippen LogP contribution in [0.4, 0.5) is 4.79 Å². The number of hydrogen-bond donors (Lipinski definition) is 4. The van der Waals surface area contributed by atoms with Crippen molar-refractivity contribution >= 4 is 23.5 Å². The Morgan fingerprint density at radius 2 is 2.12 bits per heavy atom. The summed E-state index contributed by atoms with van der Waals surface area (Å²) in [4.78, 5) is 19.4. The van der Waals surface area contributed by atoms with Crippen LogP contribution in [0, 0.1) is 0 Å². The summed E-state index contributed by atoms with van der Waals surface area (Å²) in [6.45, 7) is -0.411. The van der Waals surface area contributed by atoms with Gasteiger partial charge in [0.1, 0.15) is 18.4 Å². The van der Waals surface area contributed by atoms with Gasteiger partial charge in [0.15, 0.2) is 12.3 Å². The number of aliphatic hydroxyl groups is 1. The molecule has 4 N–H and O–H groups in total. The molecule has 0 aromatic rings. The molecule has 3 aliphatic heterocycles. The van der Waals surface area contributed by atoms with Crippen LogP contribution in [0.5, 0.6) is 0 Å². The van der Waals surface area contributed by atoms with E-state index in [0.29, 0.717) is 0 Å². The van der Waals surface area contributed by atoms with E-state index in [1.54, 1.807) is 17.3 Å². The van der Waals surface area contributed by atoms with Crippen LogP contribution in [0.15, 0.2) is 17.3 Å². The Kier molecular flexibility index (Phi) is 4.70. The molecule has 136 valence electrons. The minimum atomic E-state index is -3.67. The standard InChI is InChI=1S/C12H20N4O7S/c1-15(2)6-13-8-3-4-16(12(18)14-8)11-10-9(7(5-17)21-11)22-24(19,20)23-10/h3-4,6-11,17,19-20H,5H2,1-2H3,(H,14,18)/b13-6-/t7-,8?,9-,10-,11-/m1/s1. The second-order valence-corrected chi connectivity index (χ2v) is 6.97. The van der Waals surface area contributed by atoms with E-state index in [-0.39, 0.29) is 0 Å². The van der Waals surface area contributed by atoms with Crippen molar-refractivity contribution in [1.29, 1.82) is 0 Å². The van der Waals surface area contributed by atoms with Gasteiger partial charge >= 0.3 is 6.03 Å². The Labute approximate surface area is 140 Å². The first-order chi connectivity index (χ1) is 11.3. The maximum absolute atomic E-state index is 12.3. The number of hydrogen-bond acceptors (Lipinski definition) is 8. The fourth-order valence-electron chi connectivity index (χ4n) is 2.59. The van der Waals surface area contributed by atoms with E-state index in [9.17, 15) is 19.0 Å². The molecule has 3 aliphatic rings. The lowest BCUT2D eigenvalue weighted by Gasteiger charge is -2.32. The van der Waals surface area contributed by atoms with Gasteiger partial charge in [-0.2, -0.15) is 0 Å². The van der Waals surface area contributed by atoms with Crippen LogP contribution in [-0.2, 0) is 13.1 Å². The molecule has 12 heteroatoms. The summed E-state index contributed by atoms with van der Waals surface area (Å²) >= 11 is -3.67. The fourth-order valence-corrected chi connectivity index (χ4v) is 3.66. The van der Waals surface area contributed by atoms with E-state index in [4.69, 9.17) is 13.1 Å². The van der Waals surface area contributed by atoms with Crippen molar-refractivity contribution in [2.45, 2.75) is 30.7 Å². The fraction of sp³-hybridized carbons (Fsp3) is 0.667. The van der Waals surface area contributed by atoms with Crippen molar-refractivity contribution in [1.82, 2.24) is 15.1 Å². The zero-order chi connectivity index (χ0) is 17.5. The van der Waals surface area contributed by atoms with E-state index in [2.05, 4.69) is 10.3 Å². The van der Waals surface area contributed by atoms with Gasteiger partial charge in [-0.3, -0.25) is 22.4 Å². The molecule has 0 bridgehead atoms. The number of amides is 2. The molecule has 0 saturated carbocycles. The Morgan fingerprint density at radius 1 is 1.42 bits per heavy atom. The molecule has 1 unspecified atom stereocenters. The molecule has 24 heavy (non-hydrogen) atoms. The largest absolute Gasteiger partial charge is 0.394 e. The molecule has 3 heterocycles. The SMILES string of the molecule is CN(C)/C=N\C1C=CN([C@@H]2O[C@H](CO)[C@H]3OS(O)(O)O[C@H]32)C(=O)N1. The number of carbonyl (C=O) groups excluding carboxylic acids is 1. The number of urea groups is 1. The number of nitrogens with zero attached hydrogens (tertiary/aromatic N) is 3. The Bertz CT molecular complexity index is 558. The van der Waals surface area contributed by atoms with Crippen LogP contribution in [0.25, 0.3) is 0 Å². The summed E-state index contributed by atoms with van der Waals surface area (Å²) in [5, 5.41) is 12.0. The van der Waals surface area contributed by atoms with Crippen LogP contribution >= 0.6 is 11.2 Å². The van der Waals surface area contributed by atoms with Crippen molar-refractivity contribution < 1.29 is 32.1 Å². The first-order valence-electron chi connectivity index (χ1n) is 7.18. The third kappa shape index (κ3) is 3.35. The number of aliphatic hydroxyl groups excluding tert-OH is 1. The summed E-state index contributed by atoms with van der Waals surface area (Å²) in [5.41, 5.74) is 0. The van der Waals surface area contributed by atoms with Gasteiger partial charge in [0.2, 0.25) is 11.2 Å². The summed E-state index contributed by atoms with van der Waals surface area (Å²) < 4.78 is 34.7. The molecular formula is C12H20N4O7S. The van der Waals surface area contributed by atoms with E-state index in [0.717, 1.165) is 0 Å². The van der Waals surface area contributed by atoms with Crippen LogP contribution in [0.3, 0.4) is 0 Å². The zero-order valence-corrected chi connectivity index (χ0v) is 13.9. The second-order valence-electron chi connectivity index (χ2n) is 5.69. The molecule has 11 nitrogen and oxygen atoms in total. The van der Waals surface area contributed by atoms with Crippen molar-refractivity contribution in [3.63, 3.8) is 0 Å². The molecule has 2 fully saturated rings. The Hall–Kier alpha value is -1.41. The van der Waals surface area contributed by atoms with Crippen molar-refractivity contribution in [3.05, 3.63) is 12.3 Å². The number of fused-ring (bicyclic) bond motifs is 1. The lowest BCUT2D eigenvalue weighted by Crippen LogP contribution is -2.52. The number of aliphatic imine (C=N–C) groups is 1. The van der Waals surface area contributed by atoms with E-state index in [1.807, 2.05) is 14.1 Å². The predicted molar refractivity (Wildman–Crippen MR) is 83.8 cm³/mol. The maximum atomic E-state index is 12.3. The first kappa shape index (κ1) is 17.4. The van der Waals surface area contributed by atoms with Crippen LogP contribution in [-0.4, -0.2) is 87.8 Å². The maximum Gasteiger partial charge on any atom is 0.325 e. The first-order valence-corrected chi connectivity index (χ1v) is 8.58. The van der Waals surface area contributed by atoms with E-state index >= 15 is 0 Å². The molecule has 2 saturated heterocycles. The Morgan fingerprint density at radius 3 is 2.75 bits per heavy atom. The van der Waals surface area contributed by atoms with Crippen LogP contribution < -0.4 is 5.32 Å².